The first-order valence-electron chi connectivity index (χ1n) is 4.47. The van der Waals surface area contributed by atoms with Gasteiger partial charge in [-0.1, -0.05) is 0 Å². The Morgan fingerprint density at radius 1 is 1.44 bits per heavy atom. The molecule has 0 saturated carbocycles. The minimum absolute atomic E-state index is 0.189. The predicted octanol–water partition coefficient (Wildman–Crippen LogP) is 3.53. The molecule has 0 aliphatic rings. The summed E-state index contributed by atoms with van der Waals surface area (Å²) in [5.41, 5.74) is 0. The first kappa shape index (κ1) is 10.7. The third kappa shape index (κ3) is 1.69. The predicted molar refractivity (Wildman–Crippen MR) is 71.7 cm³/mol. The standard InChI is InChI=1S/C10H5ClN2S2Se/c11-6-1-2-8-7(5-6)9(14)13(16-8)10-12-3-4-15-10/h1-5H. The first-order valence-corrected chi connectivity index (χ1v) is 7.76. The fourth-order valence-corrected chi connectivity index (χ4v) is 5.14. The molecule has 0 spiro atoms. The molecule has 2 nitrogen and oxygen atoms in total. The molecule has 6 heteroatoms. The monoisotopic (exact) mass is 332 g/mol. The van der Waals surface area contributed by atoms with Gasteiger partial charge in [-0.05, 0) is 0 Å². The Labute approximate surface area is 112 Å². The Balaban J connectivity index is 2.36. The maximum absolute atomic E-state index is 5.98. The average molecular weight is 332 g/mol. The zero-order valence-electron chi connectivity index (χ0n) is 7.88. The SMILES string of the molecule is S=c1c2cc(Cl)ccc2[se]n1-c1nccs1. The fraction of sp³-hybridized carbons (Fsp3) is 0. The molecule has 0 bridgehead atoms. The summed E-state index contributed by atoms with van der Waals surface area (Å²) >= 11 is 13.2. The van der Waals surface area contributed by atoms with E-state index in [1.807, 2.05) is 17.5 Å². The summed E-state index contributed by atoms with van der Waals surface area (Å²) in [5.74, 6) is 0. The van der Waals surface area contributed by atoms with Gasteiger partial charge in [-0.3, -0.25) is 0 Å². The van der Waals surface area contributed by atoms with Gasteiger partial charge in [0, 0.05) is 0 Å². The van der Waals surface area contributed by atoms with Gasteiger partial charge in [0.15, 0.2) is 0 Å². The van der Waals surface area contributed by atoms with Crippen molar-refractivity contribution in [3.63, 3.8) is 0 Å². The van der Waals surface area contributed by atoms with Crippen molar-refractivity contribution < 1.29 is 0 Å². The summed E-state index contributed by atoms with van der Waals surface area (Å²) in [4.78, 5) is 4.29. The quantitative estimate of drug-likeness (QED) is 0.501. The van der Waals surface area contributed by atoms with Crippen LogP contribution in [-0.4, -0.2) is 23.3 Å². The van der Waals surface area contributed by atoms with E-state index in [-0.39, 0.29) is 14.7 Å². The average Bonchev–Trinajstić information content (AvgIpc) is 2.87. The molecule has 2 aromatic heterocycles. The van der Waals surface area contributed by atoms with Crippen molar-refractivity contribution >= 4 is 59.5 Å². The van der Waals surface area contributed by atoms with Gasteiger partial charge in [-0.15, -0.1) is 0 Å². The van der Waals surface area contributed by atoms with Crippen molar-refractivity contribution in [1.82, 2.24) is 8.55 Å². The van der Waals surface area contributed by atoms with Crippen LogP contribution < -0.4 is 0 Å². The summed E-state index contributed by atoms with van der Waals surface area (Å²) in [6.07, 6.45) is 1.80. The number of thiazole rings is 1. The van der Waals surface area contributed by atoms with Gasteiger partial charge in [0.05, 0.1) is 0 Å². The van der Waals surface area contributed by atoms with Gasteiger partial charge in [0.1, 0.15) is 0 Å². The zero-order valence-corrected chi connectivity index (χ0v) is 12.0. The van der Waals surface area contributed by atoms with Crippen LogP contribution >= 0.6 is 35.2 Å². The van der Waals surface area contributed by atoms with Crippen LogP contribution in [-0.2, 0) is 0 Å². The Bertz CT molecular complexity index is 699. The van der Waals surface area contributed by atoms with Crippen molar-refractivity contribution in [3.8, 4) is 5.13 Å². The zero-order chi connectivity index (χ0) is 11.1. The van der Waals surface area contributed by atoms with E-state index >= 15 is 0 Å². The Kier molecular flexibility index (Phi) is 2.73. The van der Waals surface area contributed by atoms with Crippen molar-refractivity contribution in [2.45, 2.75) is 0 Å². The van der Waals surface area contributed by atoms with E-state index in [2.05, 4.69) is 14.6 Å². The van der Waals surface area contributed by atoms with Gasteiger partial charge in [0.25, 0.3) is 0 Å². The topological polar surface area (TPSA) is 17.8 Å². The molecule has 0 radical (unpaired) electrons. The molecule has 0 aliphatic heterocycles. The minimum atomic E-state index is 0.189. The molecular weight excluding hydrogens is 327 g/mol. The van der Waals surface area contributed by atoms with Crippen LogP contribution in [0.25, 0.3) is 14.8 Å². The van der Waals surface area contributed by atoms with Crippen LogP contribution in [0.15, 0.2) is 29.8 Å². The molecular formula is C10H5ClN2S2Se. The molecule has 3 aromatic rings. The molecule has 2 heterocycles. The summed E-state index contributed by atoms with van der Waals surface area (Å²) in [5, 5.41) is 4.75. The van der Waals surface area contributed by atoms with E-state index < -0.39 is 0 Å². The summed E-state index contributed by atoms with van der Waals surface area (Å²) < 4.78 is 4.22. The Hall–Kier alpha value is -0.451. The molecule has 16 heavy (non-hydrogen) atoms. The Morgan fingerprint density at radius 2 is 2.31 bits per heavy atom. The van der Waals surface area contributed by atoms with Crippen LogP contribution in [0, 0.1) is 4.64 Å². The van der Waals surface area contributed by atoms with Crippen LogP contribution in [0.1, 0.15) is 0 Å². The number of rotatable bonds is 1. The molecule has 0 N–H and O–H groups in total. The van der Waals surface area contributed by atoms with Crippen LogP contribution in [0.4, 0.5) is 0 Å². The van der Waals surface area contributed by atoms with E-state index in [4.69, 9.17) is 23.8 Å². The van der Waals surface area contributed by atoms with Gasteiger partial charge < -0.3 is 0 Å². The van der Waals surface area contributed by atoms with Crippen LogP contribution in [0.3, 0.4) is 0 Å². The summed E-state index contributed by atoms with van der Waals surface area (Å²) in [7, 11) is 0. The number of nitrogens with zero attached hydrogens (tertiary/aromatic N) is 2. The Morgan fingerprint density at radius 3 is 3.06 bits per heavy atom. The van der Waals surface area contributed by atoms with E-state index in [0.29, 0.717) is 0 Å². The van der Waals surface area contributed by atoms with Crippen LogP contribution in [0.2, 0.25) is 5.02 Å². The molecule has 80 valence electrons. The second kappa shape index (κ2) is 4.09. The number of hydrogen-bond acceptors (Lipinski definition) is 3. The van der Waals surface area contributed by atoms with E-state index in [9.17, 15) is 0 Å². The normalized spacial score (nSPS) is 11.1. The summed E-state index contributed by atoms with van der Waals surface area (Å²) in [6, 6.07) is 5.91. The third-order valence-corrected chi connectivity index (χ3v) is 6.34. The number of benzene rings is 1. The molecule has 0 unspecified atom stereocenters. The van der Waals surface area contributed by atoms with Gasteiger partial charge in [0.2, 0.25) is 0 Å². The summed E-state index contributed by atoms with van der Waals surface area (Å²) in [6.45, 7) is 0. The van der Waals surface area contributed by atoms with Gasteiger partial charge in [-0.25, -0.2) is 0 Å². The third-order valence-electron chi connectivity index (χ3n) is 2.14. The number of halogens is 1. The molecule has 3 rings (SSSR count). The van der Waals surface area contributed by atoms with Crippen molar-refractivity contribution in [2.75, 3.05) is 0 Å². The molecule has 0 saturated heterocycles. The first-order chi connectivity index (χ1) is 7.75. The molecule has 0 amide bonds. The maximum atomic E-state index is 5.98. The second-order valence-corrected chi connectivity index (χ2v) is 6.91. The van der Waals surface area contributed by atoms with Crippen molar-refractivity contribution in [2.24, 2.45) is 0 Å². The van der Waals surface area contributed by atoms with E-state index in [0.717, 1.165) is 20.2 Å². The van der Waals surface area contributed by atoms with Crippen molar-refractivity contribution in [3.05, 3.63) is 39.4 Å². The van der Waals surface area contributed by atoms with E-state index in [1.54, 1.807) is 17.5 Å². The number of fused-ring (bicyclic) bond motifs is 1. The van der Waals surface area contributed by atoms with Crippen molar-refractivity contribution in [1.29, 1.82) is 0 Å². The number of hydrogen-bond donors (Lipinski definition) is 0. The van der Waals surface area contributed by atoms with Gasteiger partial charge in [-0.2, -0.15) is 0 Å². The van der Waals surface area contributed by atoms with Crippen LogP contribution in [0.5, 0.6) is 0 Å². The number of aromatic nitrogens is 2. The van der Waals surface area contributed by atoms with Gasteiger partial charge >= 0.3 is 113 Å². The molecule has 0 atom stereocenters. The fourth-order valence-electron chi connectivity index (χ4n) is 1.44. The van der Waals surface area contributed by atoms with E-state index in [1.165, 1.54) is 4.26 Å². The molecule has 1 aromatic carbocycles. The molecule has 0 aliphatic carbocycles. The second-order valence-electron chi connectivity index (χ2n) is 3.15. The molecule has 0 fully saturated rings.